The van der Waals surface area contributed by atoms with Gasteiger partial charge < -0.3 is 19.9 Å². The van der Waals surface area contributed by atoms with Crippen molar-refractivity contribution >= 4 is 24.9 Å². The largest absolute Gasteiger partial charge is 0.492 e. The second-order valence-electron chi connectivity index (χ2n) is 7.67. The van der Waals surface area contributed by atoms with E-state index in [2.05, 4.69) is 21.7 Å². The predicted octanol–water partition coefficient (Wildman–Crippen LogP) is 2.20. The molecule has 2 N–H and O–H groups in total. The summed E-state index contributed by atoms with van der Waals surface area (Å²) in [7, 11) is -0.497. The fourth-order valence-corrected chi connectivity index (χ4v) is 2.91. The summed E-state index contributed by atoms with van der Waals surface area (Å²) >= 11 is 0. The fourth-order valence-electron chi connectivity index (χ4n) is 2.91. The van der Waals surface area contributed by atoms with E-state index in [0.717, 1.165) is 29.8 Å². The topological polar surface area (TPSA) is 72.5 Å². The molecule has 1 aromatic rings. The summed E-state index contributed by atoms with van der Waals surface area (Å²) in [6.45, 7) is 10.9. The minimum absolute atomic E-state index is 0.0845. The smallest absolute Gasteiger partial charge is 0.400 e. The second kappa shape index (κ2) is 6.46. The molecule has 3 rings (SSSR count). The number of hydrogen-bond acceptors (Lipinski definition) is 5. The van der Waals surface area contributed by atoms with Gasteiger partial charge in [0.2, 0.25) is 5.91 Å². The Morgan fingerprint density at radius 3 is 2.68 bits per heavy atom. The summed E-state index contributed by atoms with van der Waals surface area (Å²) in [5.41, 5.74) is 2.22. The van der Waals surface area contributed by atoms with Crippen molar-refractivity contribution in [2.75, 3.05) is 18.4 Å². The van der Waals surface area contributed by atoms with Gasteiger partial charge >= 0.3 is 7.12 Å². The Hall–Kier alpha value is -1.86. The maximum Gasteiger partial charge on any atom is 0.492 e. The SMILES string of the molecule is CC(=O)NCC(=Cc1cnc2c(c1)CCN2)B1OC(C)(C)C(C)(C)O1. The van der Waals surface area contributed by atoms with Crippen molar-refractivity contribution in [3.63, 3.8) is 0 Å². The molecule has 1 saturated heterocycles. The lowest BCUT2D eigenvalue weighted by atomic mass is 9.77. The third-order valence-electron chi connectivity index (χ3n) is 5.12. The maximum atomic E-state index is 11.4. The van der Waals surface area contributed by atoms with Gasteiger partial charge in [0, 0.05) is 26.2 Å². The molecule has 2 aliphatic heterocycles. The number of pyridine rings is 1. The van der Waals surface area contributed by atoms with Gasteiger partial charge in [0.05, 0.1) is 11.2 Å². The van der Waals surface area contributed by atoms with Gasteiger partial charge in [-0.1, -0.05) is 6.08 Å². The number of anilines is 1. The Bertz CT molecular complexity index is 700. The Morgan fingerprint density at radius 2 is 2.04 bits per heavy atom. The van der Waals surface area contributed by atoms with Crippen LogP contribution in [-0.2, 0) is 20.5 Å². The number of aromatic nitrogens is 1. The Balaban J connectivity index is 1.88. The monoisotopic (exact) mass is 343 g/mol. The normalized spacial score (nSPS) is 21.0. The van der Waals surface area contributed by atoms with Crippen LogP contribution in [0.25, 0.3) is 6.08 Å². The molecule has 0 unspecified atom stereocenters. The van der Waals surface area contributed by atoms with Gasteiger partial charge in [-0.15, -0.1) is 0 Å². The van der Waals surface area contributed by atoms with Crippen molar-refractivity contribution in [2.45, 2.75) is 52.2 Å². The zero-order valence-corrected chi connectivity index (χ0v) is 15.6. The third kappa shape index (κ3) is 3.72. The summed E-state index contributed by atoms with van der Waals surface area (Å²) in [5, 5.41) is 6.11. The van der Waals surface area contributed by atoms with Crippen LogP contribution in [0.15, 0.2) is 17.7 Å². The molecule has 1 amide bonds. The Morgan fingerprint density at radius 1 is 1.36 bits per heavy atom. The van der Waals surface area contributed by atoms with Crippen LogP contribution in [0.1, 0.15) is 45.7 Å². The molecular formula is C18H26BN3O3. The minimum Gasteiger partial charge on any atom is -0.400 e. The molecule has 0 spiro atoms. The molecule has 1 fully saturated rings. The highest BCUT2D eigenvalue weighted by Gasteiger charge is 2.52. The summed E-state index contributed by atoms with van der Waals surface area (Å²) in [6, 6.07) is 2.13. The van der Waals surface area contributed by atoms with Crippen LogP contribution in [0.5, 0.6) is 0 Å². The van der Waals surface area contributed by atoms with Crippen molar-refractivity contribution in [3.8, 4) is 0 Å². The lowest BCUT2D eigenvalue weighted by Gasteiger charge is -2.32. The van der Waals surface area contributed by atoms with Crippen LogP contribution in [0.3, 0.4) is 0 Å². The molecule has 6 nitrogen and oxygen atoms in total. The van der Waals surface area contributed by atoms with E-state index in [1.54, 1.807) is 0 Å². The van der Waals surface area contributed by atoms with Crippen molar-refractivity contribution in [1.82, 2.24) is 10.3 Å². The second-order valence-corrected chi connectivity index (χ2v) is 7.67. The number of carbonyl (C=O) groups is 1. The molecule has 0 saturated carbocycles. The van der Waals surface area contributed by atoms with Crippen molar-refractivity contribution in [3.05, 3.63) is 28.9 Å². The Labute approximate surface area is 149 Å². The first-order valence-corrected chi connectivity index (χ1v) is 8.71. The van der Waals surface area contributed by atoms with Gasteiger partial charge in [0.1, 0.15) is 5.82 Å². The van der Waals surface area contributed by atoms with E-state index >= 15 is 0 Å². The van der Waals surface area contributed by atoms with E-state index in [9.17, 15) is 4.79 Å². The first kappa shape index (κ1) is 18.0. The van der Waals surface area contributed by atoms with Gasteiger partial charge in [-0.2, -0.15) is 0 Å². The molecule has 0 radical (unpaired) electrons. The highest BCUT2D eigenvalue weighted by Crippen LogP contribution is 2.38. The van der Waals surface area contributed by atoms with Crippen LogP contribution >= 0.6 is 0 Å². The summed E-state index contributed by atoms with van der Waals surface area (Å²) in [5.74, 6) is 0.870. The summed E-state index contributed by atoms with van der Waals surface area (Å²) in [6.07, 6.45) is 4.81. The highest BCUT2D eigenvalue weighted by atomic mass is 16.7. The third-order valence-corrected chi connectivity index (χ3v) is 5.12. The van der Waals surface area contributed by atoms with Gasteiger partial charge in [-0.05, 0) is 56.8 Å². The lowest BCUT2D eigenvalue weighted by molar-refractivity contribution is -0.118. The standard InChI is InChI=1S/C18H26BN3O3/c1-12(23)21-11-15(19-24-17(2,3)18(4,5)25-19)9-13-8-14-6-7-20-16(14)22-10-13/h8-10H,6-7,11H2,1-5H3,(H,20,22)(H,21,23). The van der Waals surface area contributed by atoms with Crippen molar-refractivity contribution < 1.29 is 14.1 Å². The molecular weight excluding hydrogens is 317 g/mol. The molecule has 7 heteroatoms. The highest BCUT2D eigenvalue weighted by molar-refractivity contribution is 6.56. The van der Waals surface area contributed by atoms with E-state index in [0.29, 0.717) is 6.54 Å². The van der Waals surface area contributed by atoms with Crippen LogP contribution < -0.4 is 10.6 Å². The molecule has 134 valence electrons. The molecule has 0 aromatic carbocycles. The van der Waals surface area contributed by atoms with E-state index < -0.39 is 18.3 Å². The number of nitrogens with zero attached hydrogens (tertiary/aromatic N) is 1. The average Bonchev–Trinajstić information content (AvgIpc) is 3.05. The van der Waals surface area contributed by atoms with E-state index in [1.165, 1.54) is 12.5 Å². The first-order chi connectivity index (χ1) is 11.7. The van der Waals surface area contributed by atoms with Gasteiger partial charge in [0.25, 0.3) is 0 Å². The predicted molar refractivity (Wildman–Crippen MR) is 99.2 cm³/mol. The molecule has 2 aliphatic rings. The lowest BCUT2D eigenvalue weighted by Crippen LogP contribution is -2.41. The van der Waals surface area contributed by atoms with Gasteiger partial charge in [-0.25, -0.2) is 4.98 Å². The Kier molecular flexibility index (Phi) is 4.64. The van der Waals surface area contributed by atoms with Gasteiger partial charge in [0.15, 0.2) is 0 Å². The van der Waals surface area contributed by atoms with E-state index in [4.69, 9.17) is 9.31 Å². The summed E-state index contributed by atoms with van der Waals surface area (Å²) < 4.78 is 12.3. The number of nitrogens with one attached hydrogen (secondary N) is 2. The summed E-state index contributed by atoms with van der Waals surface area (Å²) in [4.78, 5) is 15.8. The zero-order chi connectivity index (χ0) is 18.2. The number of rotatable bonds is 4. The van der Waals surface area contributed by atoms with Crippen LogP contribution in [-0.4, -0.2) is 42.3 Å². The number of carbonyl (C=O) groups excluding carboxylic acids is 1. The zero-order valence-electron chi connectivity index (χ0n) is 15.6. The molecule has 0 bridgehead atoms. The van der Waals surface area contributed by atoms with Crippen molar-refractivity contribution in [2.24, 2.45) is 0 Å². The fraction of sp³-hybridized carbons (Fsp3) is 0.556. The molecule has 25 heavy (non-hydrogen) atoms. The van der Waals surface area contributed by atoms with Crippen molar-refractivity contribution in [1.29, 1.82) is 0 Å². The van der Waals surface area contributed by atoms with Crippen LogP contribution in [0.4, 0.5) is 5.82 Å². The van der Waals surface area contributed by atoms with Crippen LogP contribution in [0.2, 0.25) is 0 Å². The minimum atomic E-state index is -0.497. The number of amides is 1. The molecule has 0 aliphatic carbocycles. The van der Waals surface area contributed by atoms with Crippen LogP contribution in [0, 0.1) is 0 Å². The number of fused-ring (bicyclic) bond motifs is 1. The average molecular weight is 343 g/mol. The maximum absolute atomic E-state index is 11.4. The molecule has 1 aromatic heterocycles. The molecule has 0 atom stereocenters. The first-order valence-electron chi connectivity index (χ1n) is 8.71. The van der Waals surface area contributed by atoms with Gasteiger partial charge in [-0.3, -0.25) is 4.79 Å². The quantitative estimate of drug-likeness (QED) is 0.820. The van der Waals surface area contributed by atoms with E-state index in [-0.39, 0.29) is 5.91 Å². The molecule has 3 heterocycles. The van der Waals surface area contributed by atoms with E-state index in [1.807, 2.05) is 40.0 Å². The number of hydrogen-bond donors (Lipinski definition) is 2.